The van der Waals surface area contributed by atoms with Gasteiger partial charge in [-0.1, -0.05) is 28.1 Å². The van der Waals surface area contributed by atoms with Crippen LogP contribution in [-0.2, 0) is 16.0 Å². The number of morpholine rings is 1. The van der Waals surface area contributed by atoms with Gasteiger partial charge in [0.1, 0.15) is 0 Å². The first-order valence-electron chi connectivity index (χ1n) is 6.98. The lowest BCUT2D eigenvalue weighted by molar-refractivity contribution is -0.134. The molecule has 1 aliphatic heterocycles. The quantitative estimate of drug-likeness (QED) is 0.889. The number of carbonyl (C=O) groups is 1. The van der Waals surface area contributed by atoms with E-state index in [4.69, 9.17) is 4.74 Å². The Hall–Kier alpha value is -0.910. The Morgan fingerprint density at radius 2 is 2.00 bits per heavy atom. The zero-order valence-electron chi connectivity index (χ0n) is 11.8. The summed E-state index contributed by atoms with van der Waals surface area (Å²) in [6.45, 7) is 5.23. The molecule has 0 saturated carbocycles. The molecule has 2 rings (SSSR count). The van der Waals surface area contributed by atoms with Crippen LogP contribution < -0.4 is 5.32 Å². The number of hydrogen-bond acceptors (Lipinski definition) is 3. The van der Waals surface area contributed by atoms with Gasteiger partial charge in [0.05, 0.1) is 19.8 Å². The number of amides is 1. The summed E-state index contributed by atoms with van der Waals surface area (Å²) in [6, 6.07) is 8.57. The molecule has 1 saturated heterocycles. The van der Waals surface area contributed by atoms with Crippen LogP contribution in [0.3, 0.4) is 0 Å². The molecule has 0 bridgehead atoms. The van der Waals surface area contributed by atoms with Crippen molar-refractivity contribution in [3.8, 4) is 0 Å². The Bertz CT molecular complexity index is 430. The molecule has 1 N–H and O–H groups in total. The van der Waals surface area contributed by atoms with Crippen molar-refractivity contribution in [3.05, 3.63) is 34.3 Å². The van der Waals surface area contributed by atoms with E-state index in [1.54, 1.807) is 0 Å². The molecule has 0 radical (unpaired) electrons. The molecule has 0 aliphatic carbocycles. The second-order valence-corrected chi connectivity index (χ2v) is 6.02. The van der Waals surface area contributed by atoms with Crippen LogP contribution in [0.25, 0.3) is 0 Å². The van der Waals surface area contributed by atoms with Crippen molar-refractivity contribution in [2.24, 2.45) is 0 Å². The Morgan fingerprint density at radius 3 is 2.65 bits per heavy atom. The lowest BCUT2D eigenvalue weighted by atomic mass is 10.1. The van der Waals surface area contributed by atoms with E-state index >= 15 is 0 Å². The van der Waals surface area contributed by atoms with Crippen LogP contribution in [0.2, 0.25) is 0 Å². The predicted octanol–water partition coefficient (Wildman–Crippen LogP) is 1.83. The lowest BCUT2D eigenvalue weighted by Gasteiger charge is -2.27. The molecule has 5 heteroatoms. The van der Waals surface area contributed by atoms with Crippen molar-refractivity contribution in [2.75, 3.05) is 32.8 Å². The van der Waals surface area contributed by atoms with Gasteiger partial charge in [0.15, 0.2) is 0 Å². The van der Waals surface area contributed by atoms with Gasteiger partial charge in [-0.15, -0.1) is 0 Å². The molecule has 1 fully saturated rings. The molecule has 1 atom stereocenters. The van der Waals surface area contributed by atoms with E-state index in [0.29, 0.717) is 32.8 Å². The van der Waals surface area contributed by atoms with Gasteiger partial charge in [0.2, 0.25) is 5.91 Å². The number of rotatable bonds is 5. The Labute approximate surface area is 128 Å². The van der Waals surface area contributed by atoms with E-state index in [0.717, 1.165) is 10.9 Å². The van der Waals surface area contributed by atoms with Crippen LogP contribution in [0.1, 0.15) is 12.5 Å². The van der Waals surface area contributed by atoms with Gasteiger partial charge in [-0.3, -0.25) is 4.79 Å². The maximum atomic E-state index is 12.0. The number of ether oxygens (including phenoxy) is 1. The molecule has 1 heterocycles. The number of benzene rings is 1. The number of halogens is 1. The van der Waals surface area contributed by atoms with E-state index in [2.05, 4.69) is 40.3 Å². The summed E-state index contributed by atoms with van der Waals surface area (Å²) in [7, 11) is 0. The van der Waals surface area contributed by atoms with Gasteiger partial charge in [0.25, 0.3) is 0 Å². The summed E-state index contributed by atoms with van der Waals surface area (Å²) in [4.78, 5) is 13.9. The van der Waals surface area contributed by atoms with Crippen LogP contribution in [0.5, 0.6) is 0 Å². The van der Waals surface area contributed by atoms with Crippen LogP contribution in [0.15, 0.2) is 28.7 Å². The zero-order valence-corrected chi connectivity index (χ0v) is 13.4. The fourth-order valence-electron chi connectivity index (χ4n) is 2.23. The molecule has 110 valence electrons. The highest BCUT2D eigenvalue weighted by Gasteiger charge is 2.16. The molecule has 1 aliphatic rings. The lowest BCUT2D eigenvalue weighted by Crippen LogP contribution is -2.46. The fraction of sp³-hybridized carbons (Fsp3) is 0.533. The molecule has 4 nitrogen and oxygen atoms in total. The van der Waals surface area contributed by atoms with E-state index in [1.165, 1.54) is 5.56 Å². The number of carbonyl (C=O) groups excluding carboxylic acids is 1. The first kappa shape index (κ1) is 15.5. The van der Waals surface area contributed by atoms with Gasteiger partial charge in [-0.05, 0) is 31.0 Å². The van der Waals surface area contributed by atoms with Crippen LogP contribution in [-0.4, -0.2) is 49.7 Å². The minimum atomic E-state index is 0.163. The van der Waals surface area contributed by atoms with Crippen molar-refractivity contribution < 1.29 is 9.53 Å². The number of nitrogens with zero attached hydrogens (tertiary/aromatic N) is 1. The topological polar surface area (TPSA) is 41.6 Å². The second kappa shape index (κ2) is 7.76. The third-order valence-electron chi connectivity index (χ3n) is 3.42. The smallest absolute Gasteiger partial charge is 0.236 e. The van der Waals surface area contributed by atoms with Gasteiger partial charge >= 0.3 is 0 Å². The average molecular weight is 341 g/mol. The van der Waals surface area contributed by atoms with Crippen molar-refractivity contribution >= 4 is 21.8 Å². The number of nitrogens with one attached hydrogen (secondary N) is 1. The zero-order chi connectivity index (χ0) is 14.4. The summed E-state index contributed by atoms with van der Waals surface area (Å²) >= 11 is 3.43. The van der Waals surface area contributed by atoms with E-state index in [1.807, 2.05) is 17.0 Å². The fourth-order valence-corrected chi connectivity index (χ4v) is 2.50. The highest BCUT2D eigenvalue weighted by atomic mass is 79.9. The SMILES string of the molecule is C[C@H](Cc1ccc(Br)cc1)NCC(=O)N1CCOCC1. The van der Waals surface area contributed by atoms with Gasteiger partial charge in [-0.25, -0.2) is 0 Å². The summed E-state index contributed by atoms with van der Waals surface area (Å²) in [5.41, 5.74) is 1.27. The van der Waals surface area contributed by atoms with Gasteiger partial charge in [0, 0.05) is 23.6 Å². The third-order valence-corrected chi connectivity index (χ3v) is 3.95. The van der Waals surface area contributed by atoms with E-state index in [9.17, 15) is 4.79 Å². The molecular formula is C15H21BrN2O2. The average Bonchev–Trinajstić information content (AvgIpc) is 2.48. The van der Waals surface area contributed by atoms with Crippen molar-refractivity contribution in [3.63, 3.8) is 0 Å². The van der Waals surface area contributed by atoms with Crippen molar-refractivity contribution in [2.45, 2.75) is 19.4 Å². The van der Waals surface area contributed by atoms with E-state index < -0.39 is 0 Å². The maximum absolute atomic E-state index is 12.0. The van der Waals surface area contributed by atoms with Crippen molar-refractivity contribution in [1.29, 1.82) is 0 Å². The highest BCUT2D eigenvalue weighted by molar-refractivity contribution is 9.10. The summed E-state index contributed by atoms with van der Waals surface area (Å²) < 4.78 is 6.33. The van der Waals surface area contributed by atoms with Gasteiger partial charge < -0.3 is 15.0 Å². The van der Waals surface area contributed by atoms with Crippen LogP contribution >= 0.6 is 15.9 Å². The molecular weight excluding hydrogens is 320 g/mol. The predicted molar refractivity (Wildman–Crippen MR) is 82.7 cm³/mol. The summed E-state index contributed by atoms with van der Waals surface area (Å²) in [5.74, 6) is 0.163. The molecule has 0 unspecified atom stereocenters. The first-order chi connectivity index (χ1) is 9.65. The highest BCUT2D eigenvalue weighted by Crippen LogP contribution is 2.11. The normalized spacial score (nSPS) is 17.0. The minimum absolute atomic E-state index is 0.163. The minimum Gasteiger partial charge on any atom is -0.378 e. The first-order valence-corrected chi connectivity index (χ1v) is 7.78. The molecule has 0 aromatic heterocycles. The molecule has 1 aromatic carbocycles. The van der Waals surface area contributed by atoms with Gasteiger partial charge in [-0.2, -0.15) is 0 Å². The summed E-state index contributed by atoms with van der Waals surface area (Å²) in [6.07, 6.45) is 0.920. The van der Waals surface area contributed by atoms with Crippen molar-refractivity contribution in [1.82, 2.24) is 10.2 Å². The summed E-state index contributed by atoms with van der Waals surface area (Å²) in [5, 5.41) is 3.30. The van der Waals surface area contributed by atoms with E-state index in [-0.39, 0.29) is 11.9 Å². The largest absolute Gasteiger partial charge is 0.378 e. The molecule has 1 amide bonds. The maximum Gasteiger partial charge on any atom is 0.236 e. The Kier molecular flexibility index (Phi) is 6.01. The molecule has 0 spiro atoms. The number of hydrogen-bond donors (Lipinski definition) is 1. The van der Waals surface area contributed by atoms with Crippen LogP contribution in [0, 0.1) is 0 Å². The Morgan fingerprint density at radius 1 is 1.35 bits per heavy atom. The molecule has 20 heavy (non-hydrogen) atoms. The second-order valence-electron chi connectivity index (χ2n) is 5.11. The van der Waals surface area contributed by atoms with Crippen LogP contribution in [0.4, 0.5) is 0 Å². The third kappa shape index (κ3) is 4.89. The standard InChI is InChI=1S/C15H21BrN2O2/c1-12(10-13-2-4-14(16)5-3-13)17-11-15(19)18-6-8-20-9-7-18/h2-5,12,17H,6-11H2,1H3/t12-/m1/s1. The Balaban J connectivity index is 1.72. The monoisotopic (exact) mass is 340 g/mol. The molecule has 1 aromatic rings.